The zero-order chi connectivity index (χ0) is 6.41. The number of aliphatic hydroxyl groups excluding tert-OH is 2. The van der Waals surface area contributed by atoms with Crippen molar-refractivity contribution in [3.63, 3.8) is 0 Å². The quantitative estimate of drug-likeness (QED) is 0.554. The minimum absolute atomic E-state index is 0.138. The minimum Gasteiger partial charge on any atom is -0.396 e. The van der Waals surface area contributed by atoms with Crippen LogP contribution in [-0.2, 0) is 0 Å². The van der Waals surface area contributed by atoms with Crippen molar-refractivity contribution < 1.29 is 14.6 Å². The molecule has 3 heteroatoms. The van der Waals surface area contributed by atoms with E-state index in [2.05, 4.69) is 0 Å². The topological polar surface area (TPSA) is 40.5 Å². The molecule has 0 unspecified atom stereocenters. The molecule has 0 aromatic carbocycles. The molecule has 0 saturated heterocycles. The highest BCUT2D eigenvalue weighted by atomic mass is 19.1. The Bertz CT molecular complexity index is 43.7. The predicted octanol–water partition coefficient (Wildman–Crippen LogP) is 0.0893. The van der Waals surface area contributed by atoms with Gasteiger partial charge in [0.1, 0.15) is 6.17 Å². The van der Waals surface area contributed by atoms with Crippen LogP contribution in [-0.4, -0.2) is 29.6 Å². The Morgan fingerprint density at radius 3 is 1.75 bits per heavy atom. The number of halogens is 1. The summed E-state index contributed by atoms with van der Waals surface area (Å²) in [5.41, 5.74) is 0. The van der Waals surface area contributed by atoms with Crippen LogP contribution >= 0.6 is 0 Å². The Hall–Kier alpha value is -0.150. The lowest BCUT2D eigenvalue weighted by atomic mass is 10.2. The average molecular weight is 122 g/mol. The van der Waals surface area contributed by atoms with Gasteiger partial charge < -0.3 is 10.2 Å². The summed E-state index contributed by atoms with van der Waals surface area (Å²) in [4.78, 5) is 0. The smallest absolute Gasteiger partial charge is 0.104 e. The second-order valence-corrected chi connectivity index (χ2v) is 1.62. The number of alkyl halides is 1. The standard InChI is InChI=1S/C5H11FO2/c6-5(1-3-7)2-4-8/h5,7-8H,1-4H2. The van der Waals surface area contributed by atoms with Gasteiger partial charge in [-0.25, -0.2) is 4.39 Å². The van der Waals surface area contributed by atoms with Gasteiger partial charge in [0.05, 0.1) is 0 Å². The van der Waals surface area contributed by atoms with E-state index >= 15 is 0 Å². The second-order valence-electron chi connectivity index (χ2n) is 1.62. The van der Waals surface area contributed by atoms with Crippen molar-refractivity contribution in [1.82, 2.24) is 0 Å². The van der Waals surface area contributed by atoms with Gasteiger partial charge in [0.2, 0.25) is 0 Å². The van der Waals surface area contributed by atoms with Crippen molar-refractivity contribution in [1.29, 1.82) is 0 Å². The van der Waals surface area contributed by atoms with E-state index in [-0.39, 0.29) is 26.1 Å². The lowest BCUT2D eigenvalue weighted by Gasteiger charge is -2.00. The first-order valence-electron chi connectivity index (χ1n) is 2.67. The highest BCUT2D eigenvalue weighted by molar-refractivity contribution is 4.52. The molecule has 0 aliphatic heterocycles. The fourth-order valence-corrected chi connectivity index (χ4v) is 0.425. The molecule has 2 nitrogen and oxygen atoms in total. The van der Waals surface area contributed by atoms with Crippen LogP contribution in [0.25, 0.3) is 0 Å². The summed E-state index contributed by atoms with van der Waals surface area (Å²) in [5.74, 6) is 0. The van der Waals surface area contributed by atoms with E-state index in [4.69, 9.17) is 10.2 Å². The fraction of sp³-hybridized carbons (Fsp3) is 1.00. The Kier molecular flexibility index (Phi) is 4.90. The molecule has 2 N–H and O–H groups in total. The first kappa shape index (κ1) is 7.85. The monoisotopic (exact) mass is 122 g/mol. The van der Waals surface area contributed by atoms with Gasteiger partial charge in [0.25, 0.3) is 0 Å². The summed E-state index contributed by atoms with van der Waals surface area (Å²) in [6.07, 6.45) is -0.758. The number of rotatable bonds is 4. The van der Waals surface area contributed by atoms with Crippen LogP contribution in [0.2, 0.25) is 0 Å². The first-order valence-corrected chi connectivity index (χ1v) is 2.67. The molecule has 0 aromatic rings. The molecule has 8 heavy (non-hydrogen) atoms. The molecule has 0 spiro atoms. The maximum absolute atomic E-state index is 12.1. The molecule has 0 radical (unpaired) electrons. The Labute approximate surface area is 48.0 Å². The molecule has 0 heterocycles. The van der Waals surface area contributed by atoms with Gasteiger partial charge in [-0.15, -0.1) is 0 Å². The lowest BCUT2D eigenvalue weighted by molar-refractivity contribution is 0.179. The van der Waals surface area contributed by atoms with Gasteiger partial charge in [-0.1, -0.05) is 0 Å². The first-order chi connectivity index (χ1) is 3.81. The van der Waals surface area contributed by atoms with E-state index < -0.39 is 6.17 Å². The maximum atomic E-state index is 12.1. The van der Waals surface area contributed by atoms with Crippen molar-refractivity contribution in [3.05, 3.63) is 0 Å². The van der Waals surface area contributed by atoms with Crippen molar-refractivity contribution >= 4 is 0 Å². The summed E-state index contributed by atoms with van der Waals surface area (Å²) in [6, 6.07) is 0. The largest absolute Gasteiger partial charge is 0.396 e. The molecule has 0 saturated carbocycles. The van der Waals surface area contributed by atoms with E-state index in [1.54, 1.807) is 0 Å². The molecule has 50 valence electrons. The van der Waals surface area contributed by atoms with Crippen LogP contribution in [0.3, 0.4) is 0 Å². The van der Waals surface area contributed by atoms with Crippen molar-refractivity contribution in [2.24, 2.45) is 0 Å². The summed E-state index contributed by atoms with van der Waals surface area (Å²) in [5, 5.41) is 16.3. The molecule has 0 rings (SSSR count). The summed E-state index contributed by atoms with van der Waals surface area (Å²) >= 11 is 0. The Balaban J connectivity index is 2.92. The average Bonchev–Trinajstić information content (AvgIpc) is 1.68. The van der Waals surface area contributed by atoms with E-state index in [1.165, 1.54) is 0 Å². The second kappa shape index (κ2) is 5.00. The van der Waals surface area contributed by atoms with Crippen LogP contribution in [0.1, 0.15) is 12.8 Å². The number of hydrogen-bond donors (Lipinski definition) is 2. The summed E-state index contributed by atoms with van der Waals surface area (Å²) in [6.45, 7) is -0.275. The lowest BCUT2D eigenvalue weighted by Crippen LogP contribution is -2.04. The van der Waals surface area contributed by atoms with Crippen LogP contribution in [0.4, 0.5) is 4.39 Å². The van der Waals surface area contributed by atoms with Crippen LogP contribution in [0.15, 0.2) is 0 Å². The van der Waals surface area contributed by atoms with Gasteiger partial charge >= 0.3 is 0 Å². The Morgan fingerprint density at radius 1 is 1.12 bits per heavy atom. The van der Waals surface area contributed by atoms with Crippen LogP contribution in [0, 0.1) is 0 Å². The third-order valence-electron chi connectivity index (χ3n) is 0.885. The molecule has 0 aliphatic rings. The summed E-state index contributed by atoms with van der Waals surface area (Å²) < 4.78 is 12.1. The molecule has 0 bridgehead atoms. The molecule has 0 amide bonds. The van der Waals surface area contributed by atoms with Crippen molar-refractivity contribution in [2.45, 2.75) is 19.0 Å². The van der Waals surface area contributed by atoms with E-state index in [0.717, 1.165) is 0 Å². The SMILES string of the molecule is OCCC(F)CCO. The van der Waals surface area contributed by atoms with Crippen molar-refractivity contribution in [3.8, 4) is 0 Å². The van der Waals surface area contributed by atoms with Crippen LogP contribution < -0.4 is 0 Å². The molecular formula is C5H11FO2. The van der Waals surface area contributed by atoms with E-state index in [1.807, 2.05) is 0 Å². The van der Waals surface area contributed by atoms with Gasteiger partial charge in [-0.05, 0) is 0 Å². The maximum Gasteiger partial charge on any atom is 0.104 e. The van der Waals surface area contributed by atoms with Gasteiger partial charge in [0, 0.05) is 26.1 Å². The predicted molar refractivity (Wildman–Crippen MR) is 28.3 cm³/mol. The summed E-state index contributed by atoms with van der Waals surface area (Å²) in [7, 11) is 0. The normalized spacial score (nSPS) is 10.5. The van der Waals surface area contributed by atoms with E-state index in [0.29, 0.717) is 0 Å². The van der Waals surface area contributed by atoms with Crippen molar-refractivity contribution in [2.75, 3.05) is 13.2 Å². The highest BCUT2D eigenvalue weighted by Gasteiger charge is 2.02. The highest BCUT2D eigenvalue weighted by Crippen LogP contribution is 2.00. The van der Waals surface area contributed by atoms with E-state index in [9.17, 15) is 4.39 Å². The van der Waals surface area contributed by atoms with Gasteiger partial charge in [-0.3, -0.25) is 0 Å². The zero-order valence-electron chi connectivity index (χ0n) is 4.68. The third kappa shape index (κ3) is 4.02. The molecule has 0 aromatic heterocycles. The fourth-order valence-electron chi connectivity index (χ4n) is 0.425. The Morgan fingerprint density at radius 2 is 1.50 bits per heavy atom. The molecule has 0 fully saturated rings. The minimum atomic E-state index is -1.04. The van der Waals surface area contributed by atoms with Gasteiger partial charge in [0.15, 0.2) is 0 Å². The number of aliphatic hydroxyl groups is 2. The van der Waals surface area contributed by atoms with Gasteiger partial charge in [-0.2, -0.15) is 0 Å². The molecule has 0 atom stereocenters. The number of hydrogen-bond acceptors (Lipinski definition) is 2. The molecule has 0 aliphatic carbocycles. The van der Waals surface area contributed by atoms with Crippen LogP contribution in [0.5, 0.6) is 0 Å². The zero-order valence-corrected chi connectivity index (χ0v) is 4.68. The molecular weight excluding hydrogens is 111 g/mol. The third-order valence-corrected chi connectivity index (χ3v) is 0.885.